The van der Waals surface area contributed by atoms with E-state index in [0.29, 0.717) is 35.3 Å². The highest BCUT2D eigenvalue weighted by atomic mass is 35.5. The van der Waals surface area contributed by atoms with E-state index in [0.717, 1.165) is 11.1 Å². The second-order valence-electron chi connectivity index (χ2n) is 7.52. The number of fused-ring (bicyclic) bond motifs is 1. The Bertz CT molecular complexity index is 1120. The fraction of sp³-hybridized carbons (Fsp3) is 0.200. The number of carbonyl (C=O) groups excluding carboxylic acids is 2. The van der Waals surface area contributed by atoms with Crippen LogP contribution in [0.3, 0.4) is 0 Å². The van der Waals surface area contributed by atoms with Crippen LogP contribution in [0.1, 0.15) is 18.1 Å². The third kappa shape index (κ3) is 5.21. The maximum absolute atomic E-state index is 12.9. The summed E-state index contributed by atoms with van der Waals surface area (Å²) in [5.41, 5.74) is 2.27. The van der Waals surface area contributed by atoms with Gasteiger partial charge in [-0.3, -0.25) is 9.59 Å². The molecule has 0 spiro atoms. The molecule has 0 radical (unpaired) electrons. The first-order chi connectivity index (χ1) is 15.5. The third-order valence-electron chi connectivity index (χ3n) is 5.10. The summed E-state index contributed by atoms with van der Waals surface area (Å²) in [5, 5.41) is 3.44. The second kappa shape index (κ2) is 9.75. The molecular weight excluding hydrogens is 428 g/mol. The Hall–Kier alpha value is -3.51. The summed E-state index contributed by atoms with van der Waals surface area (Å²) in [6.45, 7) is 2.33. The molecule has 0 aliphatic carbocycles. The summed E-state index contributed by atoms with van der Waals surface area (Å²) in [6, 6.07) is 21.9. The second-order valence-corrected chi connectivity index (χ2v) is 7.93. The summed E-state index contributed by atoms with van der Waals surface area (Å²) < 4.78 is 11.4. The lowest BCUT2D eigenvalue weighted by molar-refractivity contribution is -0.138. The Morgan fingerprint density at radius 2 is 1.88 bits per heavy atom. The van der Waals surface area contributed by atoms with Crippen molar-refractivity contribution >= 4 is 29.1 Å². The van der Waals surface area contributed by atoms with Crippen molar-refractivity contribution in [3.05, 3.63) is 88.9 Å². The third-order valence-corrected chi connectivity index (χ3v) is 5.47. The molecule has 3 aromatic rings. The standard InChI is InChI=1S/C25H23ClN2O4/c1-17-25(30)28(14-18-7-5-6-10-22(18)26)15-19-13-20(11-12-23(19)32-17)27-24(29)16-31-21-8-3-2-4-9-21/h2-13,17H,14-16H2,1H3,(H,27,29). The fourth-order valence-electron chi connectivity index (χ4n) is 3.51. The van der Waals surface area contributed by atoms with Crippen LogP contribution in [0.5, 0.6) is 11.5 Å². The summed E-state index contributed by atoms with van der Waals surface area (Å²) in [6.07, 6.45) is -0.626. The molecule has 1 heterocycles. The lowest BCUT2D eigenvalue weighted by atomic mass is 10.1. The number of para-hydroxylation sites is 1. The van der Waals surface area contributed by atoms with Gasteiger partial charge in [0.15, 0.2) is 12.7 Å². The highest BCUT2D eigenvalue weighted by Crippen LogP contribution is 2.30. The van der Waals surface area contributed by atoms with Crippen LogP contribution in [-0.2, 0) is 22.7 Å². The predicted molar refractivity (Wildman–Crippen MR) is 123 cm³/mol. The number of hydrogen-bond donors (Lipinski definition) is 1. The zero-order valence-corrected chi connectivity index (χ0v) is 18.3. The number of anilines is 1. The molecule has 4 rings (SSSR count). The van der Waals surface area contributed by atoms with Gasteiger partial charge < -0.3 is 19.7 Å². The van der Waals surface area contributed by atoms with Crippen molar-refractivity contribution in [1.82, 2.24) is 4.90 Å². The molecule has 2 amide bonds. The molecule has 0 aromatic heterocycles. The van der Waals surface area contributed by atoms with Crippen molar-refractivity contribution in [3.63, 3.8) is 0 Å². The van der Waals surface area contributed by atoms with E-state index in [9.17, 15) is 9.59 Å². The zero-order valence-electron chi connectivity index (χ0n) is 17.6. The first kappa shape index (κ1) is 21.7. The zero-order chi connectivity index (χ0) is 22.5. The van der Waals surface area contributed by atoms with Crippen LogP contribution < -0.4 is 14.8 Å². The van der Waals surface area contributed by atoms with E-state index in [1.54, 1.807) is 42.2 Å². The van der Waals surface area contributed by atoms with Crippen LogP contribution in [0, 0.1) is 0 Å². The maximum Gasteiger partial charge on any atom is 0.263 e. The monoisotopic (exact) mass is 450 g/mol. The van der Waals surface area contributed by atoms with Crippen molar-refractivity contribution < 1.29 is 19.1 Å². The number of amides is 2. The molecule has 1 aliphatic heterocycles. The van der Waals surface area contributed by atoms with Gasteiger partial charge in [0.1, 0.15) is 11.5 Å². The molecule has 1 aliphatic rings. The van der Waals surface area contributed by atoms with Gasteiger partial charge in [-0.2, -0.15) is 0 Å². The van der Waals surface area contributed by atoms with E-state index in [1.807, 2.05) is 42.5 Å². The van der Waals surface area contributed by atoms with Crippen molar-refractivity contribution in [2.45, 2.75) is 26.1 Å². The summed E-state index contributed by atoms with van der Waals surface area (Å²) in [7, 11) is 0. The van der Waals surface area contributed by atoms with Gasteiger partial charge in [0.25, 0.3) is 11.8 Å². The normalized spacial score (nSPS) is 15.4. The van der Waals surface area contributed by atoms with Gasteiger partial charge in [-0.25, -0.2) is 0 Å². The number of carbonyl (C=O) groups is 2. The Morgan fingerprint density at radius 3 is 2.66 bits per heavy atom. The minimum absolute atomic E-state index is 0.105. The molecule has 0 bridgehead atoms. The lowest BCUT2D eigenvalue weighted by Crippen LogP contribution is -2.37. The lowest BCUT2D eigenvalue weighted by Gasteiger charge is -2.22. The van der Waals surface area contributed by atoms with E-state index in [-0.39, 0.29) is 18.4 Å². The van der Waals surface area contributed by atoms with E-state index in [2.05, 4.69) is 5.32 Å². The minimum atomic E-state index is -0.626. The number of hydrogen-bond acceptors (Lipinski definition) is 4. The average molecular weight is 451 g/mol. The van der Waals surface area contributed by atoms with Crippen LogP contribution >= 0.6 is 11.6 Å². The molecule has 0 saturated carbocycles. The predicted octanol–water partition coefficient (Wildman–Crippen LogP) is 4.67. The molecule has 0 saturated heterocycles. The smallest absolute Gasteiger partial charge is 0.263 e. The largest absolute Gasteiger partial charge is 0.484 e. The van der Waals surface area contributed by atoms with Crippen molar-refractivity contribution in [3.8, 4) is 11.5 Å². The molecule has 3 aromatic carbocycles. The Balaban J connectivity index is 1.47. The molecule has 0 fully saturated rings. The first-order valence-corrected chi connectivity index (χ1v) is 10.7. The molecule has 1 atom stereocenters. The number of nitrogens with zero attached hydrogens (tertiary/aromatic N) is 1. The maximum atomic E-state index is 12.9. The Kier molecular flexibility index (Phi) is 6.61. The van der Waals surface area contributed by atoms with Gasteiger partial charge in [-0.1, -0.05) is 48.0 Å². The van der Waals surface area contributed by atoms with E-state index >= 15 is 0 Å². The van der Waals surface area contributed by atoms with Crippen LogP contribution in [0.4, 0.5) is 5.69 Å². The molecular formula is C25H23ClN2O4. The van der Waals surface area contributed by atoms with Gasteiger partial charge in [0.05, 0.1) is 0 Å². The summed E-state index contributed by atoms with van der Waals surface area (Å²) in [4.78, 5) is 26.9. The molecule has 6 nitrogen and oxygen atoms in total. The number of nitrogens with one attached hydrogen (secondary N) is 1. The van der Waals surface area contributed by atoms with Crippen molar-refractivity contribution in [1.29, 1.82) is 0 Å². The average Bonchev–Trinajstić information content (AvgIpc) is 2.91. The number of halogens is 1. The number of rotatable bonds is 6. The fourth-order valence-corrected chi connectivity index (χ4v) is 3.70. The molecule has 7 heteroatoms. The summed E-state index contributed by atoms with van der Waals surface area (Å²) in [5.74, 6) is 0.843. The van der Waals surface area contributed by atoms with Crippen LogP contribution in [0.15, 0.2) is 72.8 Å². The summed E-state index contributed by atoms with van der Waals surface area (Å²) >= 11 is 6.30. The van der Waals surface area contributed by atoms with Crippen LogP contribution in [-0.4, -0.2) is 29.4 Å². The van der Waals surface area contributed by atoms with E-state index < -0.39 is 6.10 Å². The first-order valence-electron chi connectivity index (χ1n) is 10.3. The molecule has 1 unspecified atom stereocenters. The number of ether oxygens (including phenoxy) is 2. The molecule has 32 heavy (non-hydrogen) atoms. The highest BCUT2D eigenvalue weighted by Gasteiger charge is 2.28. The van der Waals surface area contributed by atoms with Crippen molar-refractivity contribution in [2.24, 2.45) is 0 Å². The topological polar surface area (TPSA) is 67.9 Å². The Labute approximate surface area is 191 Å². The van der Waals surface area contributed by atoms with Crippen LogP contribution in [0.25, 0.3) is 0 Å². The van der Waals surface area contributed by atoms with Crippen LogP contribution in [0.2, 0.25) is 5.02 Å². The molecule has 1 N–H and O–H groups in total. The van der Waals surface area contributed by atoms with E-state index in [1.165, 1.54) is 0 Å². The van der Waals surface area contributed by atoms with Gasteiger partial charge in [-0.15, -0.1) is 0 Å². The highest BCUT2D eigenvalue weighted by molar-refractivity contribution is 6.31. The van der Waals surface area contributed by atoms with Gasteiger partial charge in [0.2, 0.25) is 0 Å². The van der Waals surface area contributed by atoms with E-state index in [4.69, 9.17) is 21.1 Å². The molecule has 164 valence electrons. The minimum Gasteiger partial charge on any atom is -0.484 e. The van der Waals surface area contributed by atoms with Crippen molar-refractivity contribution in [2.75, 3.05) is 11.9 Å². The Morgan fingerprint density at radius 1 is 1.12 bits per heavy atom. The van der Waals surface area contributed by atoms with Gasteiger partial charge in [0, 0.05) is 29.4 Å². The SMILES string of the molecule is CC1Oc2ccc(NC(=O)COc3ccccc3)cc2CN(Cc2ccccc2Cl)C1=O. The quantitative estimate of drug-likeness (QED) is 0.592. The number of benzene rings is 3. The van der Waals surface area contributed by atoms with Gasteiger partial charge in [-0.05, 0) is 48.9 Å². The van der Waals surface area contributed by atoms with Gasteiger partial charge >= 0.3 is 0 Å².